The molecule has 2 fully saturated rings. The van der Waals surface area contributed by atoms with Gasteiger partial charge < -0.3 is 135 Å². The van der Waals surface area contributed by atoms with Crippen LogP contribution in [0.5, 0.6) is 0 Å². The fraction of sp³-hybridized carbons (Fsp3) is 0.618. The van der Waals surface area contributed by atoms with Crippen molar-refractivity contribution in [2.75, 3.05) is 56.8 Å². The van der Waals surface area contributed by atoms with Crippen LogP contribution in [0.2, 0.25) is 0 Å². The third kappa shape index (κ3) is 21.7. The van der Waals surface area contributed by atoms with Crippen LogP contribution in [0.25, 0.3) is 10.7 Å². The molecular weight excluding hydrogens is 1370 g/mol. The number of imidazole rings is 1. The van der Waals surface area contributed by atoms with E-state index in [9.17, 15) is 74.4 Å². The first-order valence-electron chi connectivity index (χ1n) is 29.8. The van der Waals surface area contributed by atoms with E-state index in [0.717, 1.165) is 24.7 Å². The van der Waals surface area contributed by atoms with Gasteiger partial charge in [-0.15, -0.1) is 35.1 Å². The number of hydrogen-bond donors (Lipinski definition) is 19. The molecule has 0 radical (unpaired) electrons. The molecule has 42 heteroatoms. The summed E-state index contributed by atoms with van der Waals surface area (Å²) in [6.45, 7) is 3.14. The maximum Gasteiger partial charge on any atom is 0.404 e. The zero-order valence-corrected chi connectivity index (χ0v) is 56.5. The van der Waals surface area contributed by atoms with Gasteiger partial charge in [0.05, 0.1) is 67.0 Å². The van der Waals surface area contributed by atoms with Gasteiger partial charge in [0.15, 0.2) is 18.7 Å². The number of carbonyl (C=O) groups is 8. The van der Waals surface area contributed by atoms with Crippen molar-refractivity contribution in [3.63, 3.8) is 0 Å². The van der Waals surface area contributed by atoms with Gasteiger partial charge in [-0.3, -0.25) is 33.6 Å². The van der Waals surface area contributed by atoms with Crippen LogP contribution in [0.15, 0.2) is 23.3 Å². The van der Waals surface area contributed by atoms with Gasteiger partial charge in [0, 0.05) is 55.2 Å². The minimum atomic E-state index is -2.21. The van der Waals surface area contributed by atoms with Crippen molar-refractivity contribution < 1.29 is 103 Å². The predicted molar refractivity (Wildman–Crippen MR) is 345 cm³/mol. The molecule has 0 spiro atoms. The van der Waals surface area contributed by atoms with E-state index in [1.54, 1.807) is 10.8 Å². The summed E-state index contributed by atoms with van der Waals surface area (Å²) in [5.41, 5.74) is 27.9. The van der Waals surface area contributed by atoms with E-state index in [1.807, 2.05) is 0 Å². The molecular formula is C55H84ClN17O21S3. The highest BCUT2D eigenvalue weighted by atomic mass is 35.5. The molecule has 2 saturated heterocycles. The number of nitrogen functional groups attached to an aromatic ring is 1. The molecule has 2 aliphatic heterocycles. The van der Waals surface area contributed by atoms with Crippen LogP contribution in [-0.4, -0.2) is 262 Å². The Morgan fingerprint density at radius 1 is 0.784 bits per heavy atom. The fourth-order valence-electron chi connectivity index (χ4n) is 9.75. The van der Waals surface area contributed by atoms with Crippen molar-refractivity contribution in [3.8, 4) is 10.7 Å². The highest BCUT2D eigenvalue weighted by Gasteiger charge is 2.53. The maximum atomic E-state index is 15.2. The molecule has 540 valence electrons. The van der Waals surface area contributed by atoms with Crippen LogP contribution in [0.3, 0.4) is 0 Å². The Labute approximate surface area is 571 Å². The number of primary amides is 3. The zero-order chi connectivity index (χ0) is 71.0. The van der Waals surface area contributed by atoms with E-state index in [4.69, 9.17) is 52.4 Å². The number of aliphatic hydroxyl groups is 8. The van der Waals surface area contributed by atoms with E-state index in [-0.39, 0.29) is 77.3 Å². The summed E-state index contributed by atoms with van der Waals surface area (Å²) in [6, 6.07) is -7.90. The van der Waals surface area contributed by atoms with Gasteiger partial charge in [0.1, 0.15) is 100 Å². The number of thiazole rings is 2. The number of carbonyl (C=O) groups excluding carboxylic acids is 8. The van der Waals surface area contributed by atoms with Crippen molar-refractivity contribution in [2.45, 2.75) is 157 Å². The molecule has 4 aromatic heterocycles. The summed E-state index contributed by atoms with van der Waals surface area (Å²) in [4.78, 5) is 132. The van der Waals surface area contributed by atoms with Crippen LogP contribution in [0.1, 0.15) is 88.8 Å². The molecule has 8 amide bonds. The van der Waals surface area contributed by atoms with E-state index in [1.165, 1.54) is 50.4 Å². The van der Waals surface area contributed by atoms with E-state index < -0.39 is 183 Å². The molecule has 19 atom stereocenters. The molecule has 97 heavy (non-hydrogen) atoms. The van der Waals surface area contributed by atoms with Gasteiger partial charge in [-0.05, 0) is 37.4 Å². The second-order valence-corrected chi connectivity index (χ2v) is 26.9. The van der Waals surface area contributed by atoms with Crippen molar-refractivity contribution in [1.82, 2.24) is 61.8 Å². The second kappa shape index (κ2) is 37.3. The number of rotatable bonds is 35. The third-order valence-corrected chi connectivity index (χ3v) is 18.1. The molecule has 6 rings (SSSR count). The summed E-state index contributed by atoms with van der Waals surface area (Å²) in [5, 5.41) is 108. The number of anilines is 1. The average molecular weight is 1450 g/mol. The average Bonchev–Trinajstić information content (AvgIpc) is 1.16. The van der Waals surface area contributed by atoms with Crippen molar-refractivity contribution in [1.29, 1.82) is 0 Å². The second-order valence-electron chi connectivity index (χ2n) is 22.8. The Bertz CT molecular complexity index is 3290. The lowest BCUT2D eigenvalue weighted by molar-refractivity contribution is -0.372. The summed E-state index contributed by atoms with van der Waals surface area (Å²) in [7, 11) is 0.253. The molecule has 6 heterocycles. The van der Waals surface area contributed by atoms with Crippen LogP contribution in [0, 0.1) is 12.8 Å². The lowest BCUT2D eigenvalue weighted by atomic mass is 9.96. The quantitative estimate of drug-likeness (QED) is 0.0150. The summed E-state index contributed by atoms with van der Waals surface area (Å²) >= 11 is 2.52. The highest BCUT2D eigenvalue weighted by Crippen LogP contribution is 2.35. The fourth-order valence-corrected chi connectivity index (χ4v) is 12.1. The number of nitrogens with two attached hydrogens (primary N) is 5. The smallest absolute Gasteiger partial charge is 0.404 e. The number of amides is 8. The van der Waals surface area contributed by atoms with Crippen molar-refractivity contribution in [3.05, 3.63) is 56.8 Å². The molecule has 24 N–H and O–H groups in total. The molecule has 0 bridgehead atoms. The number of nitrogens with zero attached hydrogens (tertiary/aromatic N) is 6. The van der Waals surface area contributed by atoms with Gasteiger partial charge in [-0.2, -0.15) is 0 Å². The monoisotopic (exact) mass is 1450 g/mol. The van der Waals surface area contributed by atoms with Gasteiger partial charge in [-0.1, -0.05) is 19.4 Å². The SMILES string of the molecule is Cc1c(N)nc(C(CC(N)=O)NCC(N)C(N)=O)nc1C(=O)NC(C(=O)NC(C)C(O)C(C)C(=O)NC(C(=O)NCCc1nc(-c2nc(C(=O)NCCC[S+](C)C)cs2)cs1)C(C)O)C(O[C@H]1O[C@H](CO)[C@H](O)C(O)[C@H]1OC1O[C@H](CO)[C@@H](O)[C@H](OC(N)=O)C1O)c1c[n-]cn1.Cl. The normalized spacial score (nSPS) is 23.8. The number of aliphatic hydroxyl groups excluding tert-OH is 8. The Hall–Kier alpha value is -7.01. The molecule has 0 aromatic carbocycles. The standard InChI is InChI=1S/C55H83N17O21S3.ClH/c1-20-33(69-46(72-44(20)58)25(12-31(57)76)64-13-24(56)45(59)82)50(86)71-35(41(26-14-61-19-65-26)91-54-43(39(80)37(78)29(15-73)90-54)92-53-40(81)42(93-55(60)88)38(79)30(16-74)89-53)51(87)66-22(3)36(77)21(2)47(83)70-34(23(4)75)49(85)63-10-8-32-67-28(18-94-32)52-68-27(17-95-52)48(84)62-9-7-11-96(5)6;/h14,17-19,21-25,29-30,34-43,53-54,64,73-75,77-81H,7-13,15-16,56H2,1-6H3,(H13-,57,58,59,60,61,62,63,65,66,69,70,71,72,76,82,83,84,85,86,87,88);1H/t21?,22?,23?,24?,25?,29-,30-,34?,35?,36?,37+,38-,39?,40?,41?,42+,43-,53?,54-;/m1./s1. The molecule has 4 aromatic rings. The minimum absolute atomic E-state index is 0. The van der Waals surface area contributed by atoms with Gasteiger partial charge in [0.25, 0.3) is 11.8 Å². The third-order valence-electron chi connectivity index (χ3n) is 15.2. The Morgan fingerprint density at radius 2 is 1.46 bits per heavy atom. The molecule has 0 saturated carbocycles. The molecule has 2 aliphatic rings. The topological polar surface area (TPSA) is 625 Å². The number of nitrogens with one attached hydrogen (secondary N) is 6. The number of hydrogen-bond acceptors (Lipinski definition) is 31. The van der Waals surface area contributed by atoms with E-state index in [0.29, 0.717) is 22.3 Å². The first-order valence-corrected chi connectivity index (χ1v) is 33.8. The Kier molecular flexibility index (Phi) is 31.0. The first-order chi connectivity index (χ1) is 45.3. The van der Waals surface area contributed by atoms with Crippen molar-refractivity contribution in [2.24, 2.45) is 28.9 Å². The highest BCUT2D eigenvalue weighted by molar-refractivity contribution is 7.95. The van der Waals surface area contributed by atoms with Crippen LogP contribution in [-0.2, 0) is 65.0 Å². The molecule has 0 aliphatic carbocycles. The summed E-state index contributed by atoms with van der Waals surface area (Å²) in [6.07, 6.45) is -20.3. The van der Waals surface area contributed by atoms with Crippen LogP contribution >= 0.6 is 35.1 Å². The predicted octanol–water partition coefficient (Wildman–Crippen LogP) is -7.65. The molecule has 12 unspecified atom stereocenters. The summed E-state index contributed by atoms with van der Waals surface area (Å²) < 4.78 is 28.7. The Balaban J connectivity index is 0.0000170. The van der Waals surface area contributed by atoms with Crippen molar-refractivity contribution >= 4 is 99.2 Å². The maximum absolute atomic E-state index is 15.2. The van der Waals surface area contributed by atoms with Gasteiger partial charge in [0.2, 0.25) is 29.5 Å². The number of aromatic nitrogens is 6. The van der Waals surface area contributed by atoms with E-state index >= 15 is 4.79 Å². The Morgan fingerprint density at radius 3 is 2.08 bits per heavy atom. The lowest BCUT2D eigenvalue weighted by Crippen LogP contribution is -2.65. The number of ether oxygens (including phenoxy) is 5. The minimum Gasteiger partial charge on any atom is -0.449 e. The first kappa shape index (κ1) is 80.7. The van der Waals surface area contributed by atoms with Crippen LogP contribution in [0.4, 0.5) is 10.6 Å². The van der Waals surface area contributed by atoms with Gasteiger partial charge >= 0.3 is 6.09 Å². The lowest BCUT2D eigenvalue weighted by Gasteiger charge is -2.47. The van der Waals surface area contributed by atoms with Gasteiger partial charge in [-0.25, -0.2) is 24.7 Å². The largest absolute Gasteiger partial charge is 0.449 e. The zero-order valence-electron chi connectivity index (χ0n) is 53.2. The molecule has 38 nitrogen and oxygen atoms in total. The number of halogens is 1. The van der Waals surface area contributed by atoms with Crippen LogP contribution < -0.4 is 65.6 Å². The van der Waals surface area contributed by atoms with E-state index in [2.05, 4.69) is 74.3 Å². The summed E-state index contributed by atoms with van der Waals surface area (Å²) in [5.74, 6) is -7.76.